The van der Waals surface area contributed by atoms with Crippen LogP contribution in [-0.4, -0.2) is 11.0 Å². The molecule has 0 heterocycles. The van der Waals surface area contributed by atoms with Gasteiger partial charge in [0.25, 0.3) is 5.91 Å². The van der Waals surface area contributed by atoms with Crippen LogP contribution < -0.4 is 11.1 Å². The van der Waals surface area contributed by atoms with Crippen molar-refractivity contribution in [3.8, 4) is 5.75 Å². The summed E-state index contributed by atoms with van der Waals surface area (Å²) in [6.07, 6.45) is 0. The number of hydrogen-bond donors (Lipinski definition) is 3. The van der Waals surface area contributed by atoms with Crippen LogP contribution in [0.4, 0.5) is 11.4 Å². The maximum absolute atomic E-state index is 12.4. The summed E-state index contributed by atoms with van der Waals surface area (Å²) in [7, 11) is 0. The molecule has 22 heavy (non-hydrogen) atoms. The fourth-order valence-electron chi connectivity index (χ4n) is 2.26. The number of carbonyl (C=O) groups excluding carboxylic acids is 1. The van der Waals surface area contributed by atoms with Crippen molar-refractivity contribution in [1.29, 1.82) is 0 Å². The van der Waals surface area contributed by atoms with Crippen molar-refractivity contribution in [2.75, 3.05) is 11.1 Å². The van der Waals surface area contributed by atoms with Gasteiger partial charge in [0.15, 0.2) is 0 Å². The van der Waals surface area contributed by atoms with Gasteiger partial charge in [-0.15, -0.1) is 0 Å². The lowest BCUT2D eigenvalue weighted by Gasteiger charge is -2.10. The summed E-state index contributed by atoms with van der Waals surface area (Å²) in [5.74, 6) is -0.489. The Balaban J connectivity index is 1.97. The molecule has 0 aliphatic rings. The highest BCUT2D eigenvalue weighted by Gasteiger charge is 2.15. The predicted octanol–water partition coefficient (Wildman–Crippen LogP) is 4.03. The van der Waals surface area contributed by atoms with Crippen molar-refractivity contribution in [1.82, 2.24) is 0 Å². The molecule has 0 aromatic heterocycles. The molecular weight excluding hydrogens is 300 g/mol. The van der Waals surface area contributed by atoms with Crippen LogP contribution in [0, 0.1) is 0 Å². The maximum Gasteiger partial charge on any atom is 0.259 e. The second-order valence-corrected chi connectivity index (χ2v) is 5.28. The molecule has 1 amide bonds. The molecule has 0 aliphatic heterocycles. The molecule has 0 unspecified atom stereocenters. The van der Waals surface area contributed by atoms with Gasteiger partial charge in [0.05, 0.1) is 16.3 Å². The number of phenols is 1. The van der Waals surface area contributed by atoms with Gasteiger partial charge in [-0.3, -0.25) is 4.79 Å². The minimum atomic E-state index is -0.435. The molecule has 5 heteroatoms. The van der Waals surface area contributed by atoms with Crippen molar-refractivity contribution in [2.24, 2.45) is 0 Å². The molecule has 0 saturated heterocycles. The summed E-state index contributed by atoms with van der Waals surface area (Å²) in [6.45, 7) is 0. The molecule has 4 N–H and O–H groups in total. The zero-order chi connectivity index (χ0) is 15.7. The van der Waals surface area contributed by atoms with E-state index in [9.17, 15) is 9.90 Å². The number of nitrogens with one attached hydrogen (secondary N) is 1. The topological polar surface area (TPSA) is 75.3 Å². The molecule has 110 valence electrons. The van der Waals surface area contributed by atoms with Crippen LogP contribution in [0.5, 0.6) is 5.75 Å². The van der Waals surface area contributed by atoms with E-state index in [-0.39, 0.29) is 11.3 Å². The number of amides is 1. The van der Waals surface area contributed by atoms with E-state index in [2.05, 4.69) is 5.32 Å². The van der Waals surface area contributed by atoms with Crippen LogP contribution in [0.1, 0.15) is 10.4 Å². The minimum Gasteiger partial charge on any atom is -0.506 e. The number of hydrogen-bond acceptors (Lipinski definition) is 3. The smallest absolute Gasteiger partial charge is 0.259 e. The van der Waals surface area contributed by atoms with Crippen LogP contribution in [0.15, 0.2) is 54.6 Å². The first kappa shape index (κ1) is 14.2. The highest BCUT2D eigenvalue weighted by molar-refractivity contribution is 6.34. The van der Waals surface area contributed by atoms with Crippen LogP contribution in [0.2, 0.25) is 5.02 Å². The fraction of sp³-hybridized carbons (Fsp3) is 0. The monoisotopic (exact) mass is 312 g/mol. The number of phenolic OH excluding ortho intramolecular Hbond substituents is 1. The Morgan fingerprint density at radius 2 is 1.86 bits per heavy atom. The summed E-state index contributed by atoms with van der Waals surface area (Å²) in [5.41, 5.74) is 6.75. The van der Waals surface area contributed by atoms with Crippen molar-refractivity contribution < 1.29 is 9.90 Å². The highest BCUT2D eigenvalue weighted by Crippen LogP contribution is 2.30. The summed E-state index contributed by atoms with van der Waals surface area (Å²) >= 11 is 6.04. The molecule has 0 radical (unpaired) electrons. The number of anilines is 2. The first-order chi connectivity index (χ1) is 10.6. The summed E-state index contributed by atoms with van der Waals surface area (Å²) in [5, 5.41) is 14.8. The third kappa shape index (κ3) is 2.56. The highest BCUT2D eigenvalue weighted by atomic mass is 35.5. The largest absolute Gasteiger partial charge is 0.506 e. The Morgan fingerprint density at radius 3 is 2.64 bits per heavy atom. The van der Waals surface area contributed by atoms with Gasteiger partial charge in [0.1, 0.15) is 5.75 Å². The van der Waals surface area contributed by atoms with Gasteiger partial charge >= 0.3 is 0 Å². The minimum absolute atomic E-state index is 0.0535. The normalized spacial score (nSPS) is 10.6. The van der Waals surface area contributed by atoms with E-state index in [1.807, 2.05) is 12.1 Å². The second-order valence-electron chi connectivity index (χ2n) is 4.88. The quantitative estimate of drug-likeness (QED) is 0.625. The molecule has 4 nitrogen and oxygen atoms in total. The number of carbonyl (C=O) groups is 1. The Kier molecular flexibility index (Phi) is 3.61. The molecule has 0 spiro atoms. The molecule has 0 saturated carbocycles. The molecular formula is C17H13ClN2O2. The SMILES string of the molecule is Nc1ccc(NC(=O)c2ccc3ccccc3c2O)c(Cl)c1. The third-order valence-corrected chi connectivity index (χ3v) is 3.70. The van der Waals surface area contributed by atoms with E-state index < -0.39 is 5.91 Å². The fourth-order valence-corrected chi connectivity index (χ4v) is 2.50. The van der Waals surface area contributed by atoms with Gasteiger partial charge in [-0.25, -0.2) is 0 Å². The number of benzene rings is 3. The Bertz CT molecular complexity index is 878. The standard InChI is InChI=1S/C17H13ClN2O2/c18-14-9-11(19)6-8-15(14)20-17(22)13-7-5-10-3-1-2-4-12(10)16(13)21/h1-9,21H,19H2,(H,20,22). The van der Waals surface area contributed by atoms with Crippen molar-refractivity contribution in [3.63, 3.8) is 0 Å². The second kappa shape index (κ2) is 5.58. The molecule has 0 fully saturated rings. The lowest BCUT2D eigenvalue weighted by atomic mass is 10.0. The van der Waals surface area contributed by atoms with E-state index >= 15 is 0 Å². The average Bonchev–Trinajstić information content (AvgIpc) is 2.50. The summed E-state index contributed by atoms with van der Waals surface area (Å²) in [4.78, 5) is 12.4. The van der Waals surface area contributed by atoms with Gasteiger partial charge in [-0.2, -0.15) is 0 Å². The van der Waals surface area contributed by atoms with Crippen LogP contribution in [-0.2, 0) is 0 Å². The maximum atomic E-state index is 12.4. The summed E-state index contributed by atoms with van der Waals surface area (Å²) in [6, 6.07) is 15.5. The third-order valence-electron chi connectivity index (χ3n) is 3.39. The van der Waals surface area contributed by atoms with Crippen molar-refractivity contribution in [2.45, 2.75) is 0 Å². The number of rotatable bonds is 2. The lowest BCUT2D eigenvalue weighted by molar-refractivity contribution is 0.102. The van der Waals surface area contributed by atoms with E-state index in [0.29, 0.717) is 21.8 Å². The van der Waals surface area contributed by atoms with Crippen molar-refractivity contribution in [3.05, 3.63) is 65.2 Å². The number of halogens is 1. The Labute approximate surface area is 132 Å². The molecule has 0 bridgehead atoms. The number of aromatic hydroxyl groups is 1. The molecule has 3 aromatic rings. The zero-order valence-corrected chi connectivity index (χ0v) is 12.3. The molecule has 0 aliphatic carbocycles. The van der Waals surface area contributed by atoms with Crippen LogP contribution >= 0.6 is 11.6 Å². The Morgan fingerprint density at radius 1 is 1.09 bits per heavy atom. The van der Waals surface area contributed by atoms with Crippen LogP contribution in [0.3, 0.4) is 0 Å². The van der Waals surface area contributed by atoms with E-state index in [0.717, 1.165) is 5.39 Å². The van der Waals surface area contributed by atoms with Gasteiger partial charge in [0, 0.05) is 11.1 Å². The van der Waals surface area contributed by atoms with Crippen molar-refractivity contribution >= 4 is 39.7 Å². The zero-order valence-electron chi connectivity index (χ0n) is 11.5. The number of fused-ring (bicyclic) bond motifs is 1. The van der Waals surface area contributed by atoms with E-state index in [4.69, 9.17) is 17.3 Å². The number of nitrogen functional groups attached to an aromatic ring is 1. The first-order valence-electron chi connectivity index (χ1n) is 6.63. The van der Waals surface area contributed by atoms with Gasteiger partial charge in [-0.05, 0) is 29.7 Å². The number of nitrogens with two attached hydrogens (primary N) is 1. The van der Waals surface area contributed by atoms with Gasteiger partial charge in [-0.1, -0.05) is 41.9 Å². The van der Waals surface area contributed by atoms with E-state index in [1.165, 1.54) is 0 Å². The predicted molar refractivity (Wildman–Crippen MR) is 89.4 cm³/mol. The lowest BCUT2D eigenvalue weighted by Crippen LogP contribution is -2.12. The summed E-state index contributed by atoms with van der Waals surface area (Å²) < 4.78 is 0. The van der Waals surface area contributed by atoms with Gasteiger partial charge in [0.2, 0.25) is 0 Å². The van der Waals surface area contributed by atoms with Crippen LogP contribution in [0.25, 0.3) is 10.8 Å². The first-order valence-corrected chi connectivity index (χ1v) is 7.01. The van der Waals surface area contributed by atoms with E-state index in [1.54, 1.807) is 42.5 Å². The Hall–Kier alpha value is -2.72. The average molecular weight is 313 g/mol. The molecule has 3 aromatic carbocycles. The molecule has 0 atom stereocenters. The van der Waals surface area contributed by atoms with Gasteiger partial charge < -0.3 is 16.2 Å². The molecule has 3 rings (SSSR count).